The van der Waals surface area contributed by atoms with Crippen LogP contribution in [0.5, 0.6) is 0 Å². The van der Waals surface area contributed by atoms with Crippen LogP contribution >= 0.6 is 11.8 Å². The highest BCUT2D eigenvalue weighted by Crippen LogP contribution is 2.21. The van der Waals surface area contributed by atoms with Gasteiger partial charge in [0.2, 0.25) is 0 Å². The second-order valence-corrected chi connectivity index (χ2v) is 5.55. The first-order valence-electron chi connectivity index (χ1n) is 5.72. The molecule has 0 unspecified atom stereocenters. The van der Waals surface area contributed by atoms with Crippen LogP contribution in [0.1, 0.15) is 33.1 Å². The largest absolute Gasteiger partial charge is 0.409 e. The van der Waals surface area contributed by atoms with Crippen LogP contribution in [0, 0.1) is 5.41 Å². The predicted molar refractivity (Wildman–Crippen MR) is 72.3 cm³/mol. The van der Waals surface area contributed by atoms with E-state index in [1.54, 1.807) is 0 Å². The van der Waals surface area contributed by atoms with Crippen molar-refractivity contribution in [2.75, 3.05) is 25.1 Å². The van der Waals surface area contributed by atoms with Crippen LogP contribution in [0.2, 0.25) is 0 Å². The van der Waals surface area contributed by atoms with Gasteiger partial charge in [-0.3, -0.25) is 0 Å². The van der Waals surface area contributed by atoms with E-state index >= 15 is 0 Å². The van der Waals surface area contributed by atoms with Gasteiger partial charge in [-0.1, -0.05) is 19.0 Å². The van der Waals surface area contributed by atoms with Crippen molar-refractivity contribution in [2.24, 2.45) is 16.3 Å². The smallest absolute Gasteiger partial charge is 0.144 e. The Kier molecular flexibility index (Phi) is 8.47. The Morgan fingerprint density at radius 1 is 1.38 bits per heavy atom. The first-order chi connectivity index (χ1) is 7.54. The van der Waals surface area contributed by atoms with Crippen molar-refractivity contribution < 1.29 is 5.21 Å². The molecule has 4 nitrogen and oxygen atoms in total. The molecule has 4 N–H and O–H groups in total. The van der Waals surface area contributed by atoms with Gasteiger partial charge in [0.1, 0.15) is 5.84 Å². The Hall–Kier alpha value is -0.420. The Bertz CT molecular complexity index is 207. The molecular weight excluding hydrogens is 222 g/mol. The summed E-state index contributed by atoms with van der Waals surface area (Å²) in [6, 6.07) is 0. The van der Waals surface area contributed by atoms with Crippen LogP contribution in [0.4, 0.5) is 0 Å². The number of hydrogen-bond acceptors (Lipinski definition) is 4. The molecule has 0 heterocycles. The second-order valence-electron chi connectivity index (χ2n) is 4.57. The molecule has 0 aromatic carbocycles. The van der Waals surface area contributed by atoms with Crippen molar-refractivity contribution in [2.45, 2.75) is 33.1 Å². The quantitative estimate of drug-likeness (QED) is 0.191. The lowest BCUT2D eigenvalue weighted by atomic mass is 9.86. The maximum Gasteiger partial charge on any atom is 0.144 e. The Balaban J connectivity index is 3.51. The van der Waals surface area contributed by atoms with Crippen molar-refractivity contribution in [1.29, 1.82) is 0 Å². The summed E-state index contributed by atoms with van der Waals surface area (Å²) in [7, 11) is 0. The summed E-state index contributed by atoms with van der Waals surface area (Å²) in [5, 5.41) is 15.1. The van der Waals surface area contributed by atoms with Crippen molar-refractivity contribution in [3.63, 3.8) is 0 Å². The molecule has 0 saturated heterocycles. The van der Waals surface area contributed by atoms with Crippen LogP contribution in [-0.4, -0.2) is 36.1 Å². The van der Waals surface area contributed by atoms with Crippen molar-refractivity contribution >= 4 is 17.6 Å². The minimum Gasteiger partial charge on any atom is -0.409 e. The zero-order valence-corrected chi connectivity index (χ0v) is 11.4. The molecule has 0 radical (unpaired) electrons. The van der Waals surface area contributed by atoms with E-state index in [1.165, 1.54) is 12.2 Å². The number of amidine groups is 1. The average Bonchev–Trinajstić information content (AvgIpc) is 2.26. The fourth-order valence-corrected chi connectivity index (χ4v) is 1.82. The molecule has 0 aliphatic heterocycles. The highest BCUT2D eigenvalue weighted by atomic mass is 32.2. The third kappa shape index (κ3) is 6.95. The second kappa shape index (κ2) is 8.70. The fourth-order valence-electron chi connectivity index (χ4n) is 1.39. The van der Waals surface area contributed by atoms with E-state index in [9.17, 15) is 0 Å². The average molecular weight is 247 g/mol. The van der Waals surface area contributed by atoms with Gasteiger partial charge in [0.25, 0.3) is 0 Å². The summed E-state index contributed by atoms with van der Waals surface area (Å²) in [6.07, 6.45) is 5.31. The van der Waals surface area contributed by atoms with Crippen LogP contribution < -0.4 is 11.1 Å². The molecular formula is C11H25N3OS. The summed E-state index contributed by atoms with van der Waals surface area (Å²) < 4.78 is 0. The van der Waals surface area contributed by atoms with Crippen molar-refractivity contribution in [3.05, 3.63) is 0 Å². The molecule has 0 aromatic rings. The van der Waals surface area contributed by atoms with Gasteiger partial charge in [-0.2, -0.15) is 11.8 Å². The van der Waals surface area contributed by atoms with Gasteiger partial charge in [-0.05, 0) is 44.4 Å². The number of hydrogen-bond donors (Lipinski definition) is 3. The zero-order valence-electron chi connectivity index (χ0n) is 10.6. The predicted octanol–water partition coefficient (Wildman–Crippen LogP) is 1.88. The van der Waals surface area contributed by atoms with E-state index in [0.717, 1.165) is 25.9 Å². The minimum atomic E-state index is -0.213. The van der Waals surface area contributed by atoms with Gasteiger partial charge in [-0.15, -0.1) is 0 Å². The Morgan fingerprint density at radius 3 is 2.56 bits per heavy atom. The van der Waals surface area contributed by atoms with Gasteiger partial charge in [-0.25, -0.2) is 0 Å². The third-order valence-corrected chi connectivity index (χ3v) is 3.36. The highest BCUT2D eigenvalue weighted by molar-refractivity contribution is 7.98. The summed E-state index contributed by atoms with van der Waals surface area (Å²) in [5.74, 6) is 1.53. The molecule has 0 aliphatic rings. The van der Waals surface area contributed by atoms with E-state index < -0.39 is 0 Å². The molecule has 0 atom stereocenters. The Morgan fingerprint density at radius 2 is 2.00 bits per heavy atom. The zero-order chi connectivity index (χ0) is 12.4. The van der Waals surface area contributed by atoms with Crippen molar-refractivity contribution in [1.82, 2.24) is 5.32 Å². The van der Waals surface area contributed by atoms with E-state index in [-0.39, 0.29) is 5.41 Å². The topological polar surface area (TPSA) is 70.6 Å². The first-order valence-corrected chi connectivity index (χ1v) is 7.11. The van der Waals surface area contributed by atoms with Crippen LogP contribution in [0.15, 0.2) is 5.16 Å². The van der Waals surface area contributed by atoms with Gasteiger partial charge >= 0.3 is 0 Å². The maximum atomic E-state index is 8.62. The van der Waals surface area contributed by atoms with E-state index in [2.05, 4.69) is 16.7 Å². The number of nitrogens with one attached hydrogen (secondary N) is 1. The lowest BCUT2D eigenvalue weighted by molar-refractivity contribution is 0.304. The maximum absolute atomic E-state index is 8.62. The molecule has 0 saturated carbocycles. The van der Waals surface area contributed by atoms with Gasteiger partial charge in [0.05, 0.1) is 0 Å². The molecule has 96 valence electrons. The van der Waals surface area contributed by atoms with Gasteiger partial charge in [0.15, 0.2) is 0 Å². The van der Waals surface area contributed by atoms with E-state index in [4.69, 9.17) is 10.9 Å². The molecule has 16 heavy (non-hydrogen) atoms. The number of thioether (sulfide) groups is 1. The monoisotopic (exact) mass is 247 g/mol. The minimum absolute atomic E-state index is 0.213. The summed E-state index contributed by atoms with van der Waals surface area (Å²) in [6.45, 7) is 6.06. The molecule has 0 rings (SSSR count). The summed E-state index contributed by atoms with van der Waals surface area (Å²) >= 11 is 1.88. The van der Waals surface area contributed by atoms with E-state index in [0.29, 0.717) is 5.84 Å². The normalized spacial score (nSPS) is 13.1. The highest BCUT2D eigenvalue weighted by Gasteiger charge is 2.22. The Labute approximate surface area is 103 Å². The molecule has 0 amide bonds. The van der Waals surface area contributed by atoms with E-state index in [1.807, 2.05) is 25.6 Å². The lowest BCUT2D eigenvalue weighted by Crippen LogP contribution is -2.32. The number of oxime groups is 1. The first kappa shape index (κ1) is 15.6. The van der Waals surface area contributed by atoms with Crippen LogP contribution in [0.25, 0.3) is 0 Å². The number of rotatable bonds is 9. The standard InChI is InChI=1S/C11H25N3OS/c1-11(2,10(12)14-15)6-4-7-13-8-5-9-16-3/h13,15H,4-9H2,1-3H3,(H2,12,14). The summed E-state index contributed by atoms with van der Waals surface area (Å²) in [4.78, 5) is 0. The molecule has 0 bridgehead atoms. The molecule has 0 aliphatic carbocycles. The third-order valence-electron chi connectivity index (χ3n) is 2.66. The lowest BCUT2D eigenvalue weighted by Gasteiger charge is -2.22. The fraction of sp³-hybridized carbons (Fsp3) is 0.909. The van der Waals surface area contributed by atoms with Crippen LogP contribution in [0.3, 0.4) is 0 Å². The van der Waals surface area contributed by atoms with Gasteiger partial charge in [0, 0.05) is 5.41 Å². The SMILES string of the molecule is CSCCCNCCCC(C)(C)C(N)=NO. The molecule has 0 fully saturated rings. The molecule has 0 spiro atoms. The van der Waals surface area contributed by atoms with Gasteiger partial charge < -0.3 is 16.3 Å². The molecule has 0 aromatic heterocycles. The van der Waals surface area contributed by atoms with Crippen molar-refractivity contribution in [3.8, 4) is 0 Å². The number of nitrogens with two attached hydrogens (primary N) is 1. The summed E-state index contributed by atoms with van der Waals surface area (Å²) in [5.41, 5.74) is 5.40. The number of nitrogens with zero attached hydrogens (tertiary/aromatic N) is 1. The molecule has 5 heteroatoms. The van der Waals surface area contributed by atoms with Crippen LogP contribution in [-0.2, 0) is 0 Å².